The fraction of sp³-hybridized carbons (Fsp3) is 0.200. The quantitative estimate of drug-likeness (QED) is 0.622. The Labute approximate surface area is 175 Å². The van der Waals surface area contributed by atoms with E-state index in [0.717, 1.165) is 21.8 Å². The lowest BCUT2D eigenvalue weighted by Gasteiger charge is -2.28. The Balaban J connectivity index is 1.70. The molecule has 0 aliphatic rings. The molecule has 3 aromatic rings. The molecule has 0 saturated carbocycles. The smallest absolute Gasteiger partial charge is 0.243 e. The van der Waals surface area contributed by atoms with Crippen LogP contribution < -0.4 is 9.62 Å². The first-order chi connectivity index (χ1) is 13.8. The molecule has 9 heteroatoms. The average Bonchev–Trinajstić information content (AvgIpc) is 3.20. The van der Waals surface area contributed by atoms with E-state index in [1.807, 2.05) is 35.0 Å². The number of rotatable bonds is 7. The minimum Gasteiger partial charge on any atom is -0.350 e. The van der Waals surface area contributed by atoms with Crippen LogP contribution in [0.25, 0.3) is 5.69 Å². The zero-order valence-corrected chi connectivity index (χ0v) is 17.6. The van der Waals surface area contributed by atoms with Gasteiger partial charge >= 0.3 is 0 Å². The van der Waals surface area contributed by atoms with Crippen LogP contribution in [0.1, 0.15) is 12.5 Å². The minimum absolute atomic E-state index is 0.278. The predicted molar refractivity (Wildman–Crippen MR) is 114 cm³/mol. The van der Waals surface area contributed by atoms with Gasteiger partial charge in [0, 0.05) is 29.6 Å². The van der Waals surface area contributed by atoms with Gasteiger partial charge in [-0.3, -0.25) is 9.10 Å². The Morgan fingerprint density at radius 3 is 2.55 bits per heavy atom. The number of hydrogen-bond donors (Lipinski definition) is 1. The number of hydrogen-bond acceptors (Lipinski definition) is 4. The number of nitrogens with zero attached hydrogens (tertiary/aromatic N) is 3. The number of benzene rings is 2. The molecule has 0 radical (unpaired) electrons. The van der Waals surface area contributed by atoms with Gasteiger partial charge < -0.3 is 9.88 Å². The molecule has 0 saturated heterocycles. The van der Waals surface area contributed by atoms with Gasteiger partial charge in [0.05, 0.1) is 18.3 Å². The van der Waals surface area contributed by atoms with Crippen molar-refractivity contribution in [3.05, 3.63) is 77.8 Å². The second-order valence-corrected chi connectivity index (χ2v) is 8.86. The number of carbonyl (C=O) groups is 1. The summed E-state index contributed by atoms with van der Waals surface area (Å²) >= 11 is 5.99. The van der Waals surface area contributed by atoms with Gasteiger partial charge in [0.15, 0.2) is 0 Å². The van der Waals surface area contributed by atoms with E-state index in [1.165, 1.54) is 6.07 Å². The molecule has 3 rings (SSSR count). The van der Waals surface area contributed by atoms with Crippen molar-refractivity contribution in [1.82, 2.24) is 14.9 Å². The molecule has 1 heterocycles. The Hall–Kier alpha value is -2.84. The van der Waals surface area contributed by atoms with Gasteiger partial charge in [0.1, 0.15) is 6.04 Å². The van der Waals surface area contributed by atoms with Gasteiger partial charge in [0.2, 0.25) is 15.9 Å². The molecule has 0 spiro atoms. The Kier molecular flexibility index (Phi) is 6.24. The van der Waals surface area contributed by atoms with Gasteiger partial charge in [0.25, 0.3) is 0 Å². The van der Waals surface area contributed by atoms with Crippen molar-refractivity contribution < 1.29 is 13.2 Å². The molecular weight excluding hydrogens is 412 g/mol. The second kappa shape index (κ2) is 8.67. The van der Waals surface area contributed by atoms with Gasteiger partial charge in [-0.05, 0) is 42.8 Å². The molecule has 29 heavy (non-hydrogen) atoms. The van der Waals surface area contributed by atoms with E-state index in [1.54, 1.807) is 37.6 Å². The van der Waals surface area contributed by atoms with Gasteiger partial charge in [-0.2, -0.15) is 0 Å². The SMILES string of the molecule is C[C@@H](C(=O)NCc1ccc(-n2ccnc2)cc1)N(c1cccc(Cl)c1)S(C)(=O)=O. The van der Waals surface area contributed by atoms with Crippen molar-refractivity contribution >= 4 is 33.2 Å². The summed E-state index contributed by atoms with van der Waals surface area (Å²) in [6, 6.07) is 13.1. The van der Waals surface area contributed by atoms with E-state index >= 15 is 0 Å². The molecule has 152 valence electrons. The third kappa shape index (κ3) is 5.16. The zero-order chi connectivity index (χ0) is 21.0. The van der Waals surface area contributed by atoms with Crippen LogP contribution in [0.3, 0.4) is 0 Å². The molecule has 0 aliphatic heterocycles. The molecule has 0 bridgehead atoms. The van der Waals surface area contributed by atoms with Crippen LogP contribution in [0.15, 0.2) is 67.3 Å². The van der Waals surface area contributed by atoms with Crippen LogP contribution in [-0.2, 0) is 21.4 Å². The molecule has 1 atom stereocenters. The highest BCUT2D eigenvalue weighted by molar-refractivity contribution is 7.92. The van der Waals surface area contributed by atoms with Crippen molar-refractivity contribution in [3.63, 3.8) is 0 Å². The van der Waals surface area contributed by atoms with Crippen molar-refractivity contribution in [2.75, 3.05) is 10.6 Å². The van der Waals surface area contributed by atoms with Crippen LogP contribution in [0.2, 0.25) is 5.02 Å². The monoisotopic (exact) mass is 432 g/mol. The molecule has 1 N–H and O–H groups in total. The molecule has 0 unspecified atom stereocenters. The van der Waals surface area contributed by atoms with Crippen molar-refractivity contribution in [1.29, 1.82) is 0 Å². The maximum Gasteiger partial charge on any atom is 0.243 e. The van der Waals surface area contributed by atoms with Gasteiger partial charge in [-0.15, -0.1) is 0 Å². The van der Waals surface area contributed by atoms with Crippen LogP contribution >= 0.6 is 11.6 Å². The summed E-state index contributed by atoms with van der Waals surface area (Å²) < 4.78 is 27.6. The molecule has 0 aliphatic carbocycles. The maximum atomic E-state index is 12.7. The first-order valence-electron chi connectivity index (χ1n) is 8.85. The molecule has 7 nitrogen and oxygen atoms in total. The van der Waals surface area contributed by atoms with Gasteiger partial charge in [-0.25, -0.2) is 13.4 Å². The number of anilines is 1. The van der Waals surface area contributed by atoms with E-state index < -0.39 is 22.0 Å². The Morgan fingerprint density at radius 1 is 1.24 bits per heavy atom. The summed E-state index contributed by atoms with van der Waals surface area (Å²) in [5.41, 5.74) is 2.19. The van der Waals surface area contributed by atoms with Crippen molar-refractivity contribution in [2.45, 2.75) is 19.5 Å². The summed E-state index contributed by atoms with van der Waals surface area (Å²) in [5, 5.41) is 3.18. The maximum absolute atomic E-state index is 12.7. The lowest BCUT2D eigenvalue weighted by Crippen LogP contribution is -2.47. The topological polar surface area (TPSA) is 84.3 Å². The van der Waals surface area contributed by atoms with Crippen LogP contribution in [0, 0.1) is 0 Å². The van der Waals surface area contributed by atoms with Crippen LogP contribution in [-0.4, -0.2) is 36.2 Å². The Bertz CT molecular complexity index is 1080. The molecule has 2 aromatic carbocycles. The van der Waals surface area contributed by atoms with E-state index in [2.05, 4.69) is 10.3 Å². The highest BCUT2D eigenvalue weighted by Crippen LogP contribution is 2.24. The number of halogens is 1. The third-order valence-corrected chi connectivity index (χ3v) is 5.83. The summed E-state index contributed by atoms with van der Waals surface area (Å²) in [4.78, 5) is 16.7. The first-order valence-corrected chi connectivity index (χ1v) is 11.1. The fourth-order valence-corrected chi connectivity index (χ4v) is 4.31. The molecule has 1 aromatic heterocycles. The normalized spacial score (nSPS) is 12.4. The molecule has 1 amide bonds. The second-order valence-electron chi connectivity index (χ2n) is 6.57. The highest BCUT2D eigenvalue weighted by atomic mass is 35.5. The lowest BCUT2D eigenvalue weighted by molar-refractivity contribution is -0.122. The van der Waals surface area contributed by atoms with Crippen molar-refractivity contribution in [3.8, 4) is 5.69 Å². The number of imidazole rings is 1. The number of aromatic nitrogens is 2. The van der Waals surface area contributed by atoms with E-state index in [0.29, 0.717) is 10.7 Å². The van der Waals surface area contributed by atoms with E-state index in [-0.39, 0.29) is 6.54 Å². The summed E-state index contributed by atoms with van der Waals surface area (Å²) in [7, 11) is -3.69. The Morgan fingerprint density at radius 2 is 1.97 bits per heavy atom. The number of amides is 1. The van der Waals surface area contributed by atoms with E-state index in [9.17, 15) is 13.2 Å². The van der Waals surface area contributed by atoms with Gasteiger partial charge in [-0.1, -0.05) is 29.8 Å². The predicted octanol–water partition coefficient (Wildman–Crippen LogP) is 3.00. The zero-order valence-electron chi connectivity index (χ0n) is 16.0. The third-order valence-electron chi connectivity index (χ3n) is 4.36. The summed E-state index contributed by atoms with van der Waals surface area (Å²) in [5.74, 6) is -0.408. The minimum atomic E-state index is -3.69. The van der Waals surface area contributed by atoms with Crippen LogP contribution in [0.4, 0.5) is 5.69 Å². The summed E-state index contributed by atoms with van der Waals surface area (Å²) in [6.07, 6.45) is 6.30. The van der Waals surface area contributed by atoms with E-state index in [4.69, 9.17) is 11.6 Å². The average molecular weight is 433 g/mol. The van der Waals surface area contributed by atoms with Crippen molar-refractivity contribution in [2.24, 2.45) is 0 Å². The first kappa shape index (κ1) is 20.9. The number of nitrogens with one attached hydrogen (secondary N) is 1. The lowest BCUT2D eigenvalue weighted by atomic mass is 10.2. The highest BCUT2D eigenvalue weighted by Gasteiger charge is 2.29. The summed E-state index contributed by atoms with van der Waals surface area (Å²) in [6.45, 7) is 1.82. The largest absolute Gasteiger partial charge is 0.350 e. The molecular formula is C20H21ClN4O3S. The van der Waals surface area contributed by atoms with Crippen LogP contribution in [0.5, 0.6) is 0 Å². The number of sulfonamides is 1. The number of carbonyl (C=O) groups excluding carboxylic acids is 1. The fourth-order valence-electron chi connectivity index (χ4n) is 2.96. The molecule has 0 fully saturated rings. The standard InChI is InChI=1S/C20H21ClN4O3S/c1-15(25(29(2,27)28)19-5-3-4-17(21)12-19)20(26)23-13-16-6-8-18(9-7-16)24-11-10-22-14-24/h3-12,14-15H,13H2,1-2H3,(H,23,26)/t15-/m0/s1.